The third-order valence-corrected chi connectivity index (χ3v) is 13.3. The first-order valence-electron chi connectivity index (χ1n) is 18.8. The summed E-state index contributed by atoms with van der Waals surface area (Å²) in [5.41, 5.74) is 4.46. The van der Waals surface area contributed by atoms with Gasteiger partial charge in [-0.25, -0.2) is 17.9 Å². The average Bonchev–Trinajstić information content (AvgIpc) is 3.82. The number of halogens is 1. The quantitative estimate of drug-likeness (QED) is 0.0403. The molecule has 7 aromatic rings. The number of phenolic OH excluding ortho intramolecular Hbond substituents is 1. The van der Waals surface area contributed by atoms with Gasteiger partial charge in [0.2, 0.25) is 10.0 Å². The number of para-hydroxylation sites is 1. The fourth-order valence-corrected chi connectivity index (χ4v) is 10.1. The van der Waals surface area contributed by atoms with E-state index in [0.717, 1.165) is 21.4 Å². The molecule has 0 spiro atoms. The van der Waals surface area contributed by atoms with E-state index in [1.807, 2.05) is 36.4 Å². The summed E-state index contributed by atoms with van der Waals surface area (Å²) in [4.78, 5) is 25.3. The summed E-state index contributed by atoms with van der Waals surface area (Å²) in [5.74, 6) is 0.116. The first-order chi connectivity index (χ1) is 28.6. The Morgan fingerprint density at radius 1 is 1.02 bits per heavy atom. The van der Waals surface area contributed by atoms with Crippen LogP contribution in [-0.2, 0) is 54.1 Å². The smallest absolute Gasteiger partial charge is 0.354 e. The fourth-order valence-electron chi connectivity index (χ4n) is 7.67. The summed E-state index contributed by atoms with van der Waals surface area (Å²) in [7, 11) is 0.245. The van der Waals surface area contributed by atoms with Crippen LogP contribution in [0.2, 0.25) is 5.02 Å². The molecular weight excluding hydrogens is 830 g/mol. The van der Waals surface area contributed by atoms with E-state index in [1.54, 1.807) is 60.1 Å². The van der Waals surface area contributed by atoms with Crippen molar-refractivity contribution < 1.29 is 33.1 Å². The fraction of sp³-hybridized carbons (Fsp3) is 0.262. The molecule has 0 radical (unpaired) electrons. The summed E-state index contributed by atoms with van der Waals surface area (Å²) in [6.45, 7) is 3.45. The molecule has 0 amide bonds. The van der Waals surface area contributed by atoms with Crippen molar-refractivity contribution >= 4 is 66.7 Å². The van der Waals surface area contributed by atoms with E-state index < -0.39 is 31.5 Å². The minimum absolute atomic E-state index is 0.00804. The van der Waals surface area contributed by atoms with Crippen LogP contribution in [0.4, 0.5) is 5.69 Å². The van der Waals surface area contributed by atoms with Crippen molar-refractivity contribution in [2.75, 3.05) is 13.7 Å². The van der Waals surface area contributed by atoms with Gasteiger partial charge >= 0.3 is 5.97 Å². The third-order valence-electron chi connectivity index (χ3n) is 10.6. The van der Waals surface area contributed by atoms with E-state index in [9.17, 15) is 33.5 Å². The molecule has 3 heterocycles. The lowest BCUT2D eigenvalue weighted by molar-refractivity contribution is -0.388. The summed E-state index contributed by atoms with van der Waals surface area (Å²) in [6, 6.07) is 20.7. The summed E-state index contributed by atoms with van der Waals surface area (Å²) in [6.07, 6.45) is 0.366. The number of fused-ring (bicyclic) bond motifs is 2. The standard InChI is InChI=1S/C42H42ClN7O8S2/c1-24-37-34(49(16-9-17-51)40(24)42(53)58-5)15-14-32(43)39(37)38-25(2)47(3)46-33(38)22-44-60(56,57)36-13-8-11-27(41(36)50(54)55)18-28-20-29(48(4)45-28)23-59-30-19-26-10-6-7-12-31(26)35(52)21-30/h6-8,10-15,19-21,44,51-52H,9,16-18,22-23H2,1-5H3. The minimum Gasteiger partial charge on any atom is -0.507 e. The lowest BCUT2D eigenvalue weighted by Gasteiger charge is -2.12. The molecular formula is C42H42ClN7O8S2. The number of aryl methyl sites for hydroxylation is 4. The minimum atomic E-state index is -4.51. The number of rotatable bonds is 15. The first kappa shape index (κ1) is 42.4. The maximum Gasteiger partial charge on any atom is 0.354 e. The number of sulfonamides is 1. The predicted octanol–water partition coefficient (Wildman–Crippen LogP) is 7.34. The number of carbonyl (C=O) groups is 1. The lowest BCUT2D eigenvalue weighted by Crippen LogP contribution is -2.25. The Morgan fingerprint density at radius 3 is 2.52 bits per heavy atom. The van der Waals surface area contributed by atoms with Gasteiger partial charge in [-0.1, -0.05) is 48.0 Å². The van der Waals surface area contributed by atoms with Gasteiger partial charge in [0, 0.05) is 93.7 Å². The van der Waals surface area contributed by atoms with E-state index in [0.29, 0.717) is 74.1 Å². The molecule has 312 valence electrons. The number of nitrogens with one attached hydrogen (secondary N) is 1. The third kappa shape index (κ3) is 7.98. The molecule has 18 heteroatoms. The zero-order valence-electron chi connectivity index (χ0n) is 33.4. The lowest BCUT2D eigenvalue weighted by atomic mass is 9.97. The van der Waals surface area contributed by atoms with E-state index in [4.69, 9.17) is 16.3 Å². The highest BCUT2D eigenvalue weighted by atomic mass is 35.5. The Morgan fingerprint density at radius 2 is 1.78 bits per heavy atom. The van der Waals surface area contributed by atoms with Crippen molar-refractivity contribution in [2.45, 2.75) is 55.3 Å². The summed E-state index contributed by atoms with van der Waals surface area (Å²) < 4.78 is 40.8. The normalized spacial score (nSPS) is 11.8. The molecule has 60 heavy (non-hydrogen) atoms. The van der Waals surface area contributed by atoms with Crippen molar-refractivity contribution in [2.24, 2.45) is 14.1 Å². The van der Waals surface area contributed by atoms with Gasteiger partial charge in [-0.3, -0.25) is 19.5 Å². The number of aromatic nitrogens is 5. The van der Waals surface area contributed by atoms with Crippen LogP contribution in [-0.4, -0.2) is 67.4 Å². The van der Waals surface area contributed by atoms with E-state index >= 15 is 0 Å². The monoisotopic (exact) mass is 871 g/mol. The van der Waals surface area contributed by atoms with Crippen molar-refractivity contribution in [1.82, 2.24) is 28.9 Å². The Balaban J connectivity index is 1.17. The van der Waals surface area contributed by atoms with Crippen LogP contribution in [0.15, 0.2) is 82.6 Å². The topological polar surface area (TPSA) is 197 Å². The zero-order valence-corrected chi connectivity index (χ0v) is 35.8. The molecule has 0 aliphatic rings. The number of esters is 1. The average molecular weight is 872 g/mol. The van der Waals surface area contributed by atoms with Crippen molar-refractivity contribution in [3.05, 3.63) is 128 Å². The second-order valence-electron chi connectivity index (χ2n) is 14.3. The van der Waals surface area contributed by atoms with Crippen LogP contribution in [0.25, 0.3) is 32.8 Å². The van der Waals surface area contributed by atoms with E-state index in [-0.39, 0.29) is 30.9 Å². The molecule has 3 N–H and O–H groups in total. The second-order valence-corrected chi connectivity index (χ2v) is 17.5. The van der Waals surface area contributed by atoms with Crippen LogP contribution < -0.4 is 4.72 Å². The van der Waals surface area contributed by atoms with Gasteiger partial charge in [-0.2, -0.15) is 10.2 Å². The highest BCUT2D eigenvalue weighted by Gasteiger charge is 2.31. The highest BCUT2D eigenvalue weighted by molar-refractivity contribution is 7.98. The Bertz CT molecular complexity index is 2940. The van der Waals surface area contributed by atoms with Crippen LogP contribution >= 0.6 is 23.4 Å². The van der Waals surface area contributed by atoms with Gasteiger partial charge < -0.3 is 19.5 Å². The van der Waals surface area contributed by atoms with Crippen molar-refractivity contribution in [1.29, 1.82) is 0 Å². The summed E-state index contributed by atoms with van der Waals surface area (Å²) in [5, 5.41) is 44.6. The van der Waals surface area contributed by atoms with Gasteiger partial charge in [0.15, 0.2) is 4.90 Å². The van der Waals surface area contributed by atoms with Gasteiger partial charge in [0.1, 0.15) is 11.4 Å². The zero-order chi connectivity index (χ0) is 43.0. The van der Waals surface area contributed by atoms with Crippen molar-refractivity contribution in [3.8, 4) is 16.9 Å². The number of nitrogens with zero attached hydrogens (tertiary/aromatic N) is 6. The van der Waals surface area contributed by atoms with E-state index in [2.05, 4.69) is 14.9 Å². The number of aliphatic hydroxyl groups excluding tert-OH is 1. The maximum absolute atomic E-state index is 14.1. The van der Waals surface area contributed by atoms with Gasteiger partial charge in [0.25, 0.3) is 5.69 Å². The molecule has 0 unspecified atom stereocenters. The molecule has 0 aliphatic heterocycles. The molecule has 3 aromatic heterocycles. The van der Waals surface area contributed by atoms with Gasteiger partial charge in [-0.15, -0.1) is 11.8 Å². The number of aromatic hydroxyl groups is 1. The van der Waals surface area contributed by atoms with Crippen LogP contribution in [0.5, 0.6) is 5.75 Å². The SMILES string of the molecule is COC(=O)c1c(C)c2c(-c3c(CNS(=O)(=O)c4cccc(Cc5cc(CSc6cc(O)c7ccccc7c6)n(C)n5)c4[N+](=O)[O-])nn(C)c3C)c(Cl)ccc2n1CCCO. The Labute approximate surface area is 354 Å². The molecule has 0 bridgehead atoms. The number of carbonyl (C=O) groups excluding carboxylic acids is 1. The molecule has 0 fully saturated rings. The summed E-state index contributed by atoms with van der Waals surface area (Å²) >= 11 is 8.42. The number of aliphatic hydroxyl groups is 1. The van der Waals surface area contributed by atoms with Crippen LogP contribution in [0.3, 0.4) is 0 Å². The number of methoxy groups -OCH3 is 1. The number of hydrogen-bond donors (Lipinski definition) is 3. The molecule has 4 aromatic carbocycles. The molecule has 0 atom stereocenters. The van der Waals surface area contributed by atoms with Gasteiger partial charge in [0.05, 0.1) is 30.0 Å². The Hall–Kier alpha value is -5.72. The number of thioether (sulfide) groups is 1. The molecule has 0 saturated carbocycles. The van der Waals surface area contributed by atoms with Crippen molar-refractivity contribution in [3.63, 3.8) is 0 Å². The molecule has 0 aliphatic carbocycles. The number of ether oxygens (including phenoxy) is 1. The van der Waals surface area contributed by atoms with Crippen LogP contribution in [0.1, 0.15) is 50.8 Å². The second kappa shape index (κ2) is 17.1. The number of nitro groups is 1. The maximum atomic E-state index is 14.1. The predicted molar refractivity (Wildman–Crippen MR) is 230 cm³/mol. The highest BCUT2D eigenvalue weighted by Crippen LogP contribution is 2.43. The molecule has 0 saturated heterocycles. The van der Waals surface area contributed by atoms with E-state index in [1.165, 1.54) is 37.1 Å². The number of hydrogen-bond acceptors (Lipinski definition) is 11. The number of phenols is 1. The van der Waals surface area contributed by atoms with Gasteiger partial charge in [-0.05, 0) is 67.6 Å². The molecule has 15 nitrogen and oxygen atoms in total. The number of nitro benzene ring substituents is 1. The first-order valence-corrected chi connectivity index (χ1v) is 21.6. The molecule has 7 rings (SSSR count). The van der Waals surface area contributed by atoms with Crippen LogP contribution in [0, 0.1) is 24.0 Å². The largest absolute Gasteiger partial charge is 0.507 e. The number of benzene rings is 4. The Kier molecular flexibility index (Phi) is 12.1.